The summed E-state index contributed by atoms with van der Waals surface area (Å²) in [6.07, 6.45) is 0.874. The largest absolute Gasteiger partial charge is 0.481 e. The zero-order chi connectivity index (χ0) is 13.3. The maximum atomic E-state index is 10.7. The summed E-state index contributed by atoms with van der Waals surface area (Å²) in [5, 5.41) is 8.79. The van der Waals surface area contributed by atoms with Crippen LogP contribution in [0.3, 0.4) is 0 Å². The molecule has 0 saturated carbocycles. The van der Waals surface area contributed by atoms with Crippen molar-refractivity contribution in [2.45, 2.75) is 26.7 Å². The number of imidazole rings is 1. The van der Waals surface area contributed by atoms with E-state index in [1.807, 2.05) is 26.1 Å². The molecule has 2 aromatic rings. The van der Waals surface area contributed by atoms with Gasteiger partial charge in [0.25, 0.3) is 0 Å². The molecule has 2 rings (SSSR count). The van der Waals surface area contributed by atoms with Gasteiger partial charge in [-0.25, -0.2) is 4.98 Å². The van der Waals surface area contributed by atoms with Crippen LogP contribution in [0.1, 0.15) is 24.7 Å². The van der Waals surface area contributed by atoms with E-state index < -0.39 is 5.97 Å². The van der Waals surface area contributed by atoms with E-state index in [0.29, 0.717) is 6.42 Å². The molecular weight excluding hydrogens is 228 g/mol. The number of carboxylic acids is 1. The Labute approximate surface area is 106 Å². The minimum atomic E-state index is -0.752. The molecule has 1 heterocycles. The Balaban J connectivity index is 2.32. The molecule has 4 heteroatoms. The minimum Gasteiger partial charge on any atom is -0.481 e. The van der Waals surface area contributed by atoms with Crippen molar-refractivity contribution >= 4 is 17.0 Å². The highest BCUT2D eigenvalue weighted by Crippen LogP contribution is 2.21. The zero-order valence-corrected chi connectivity index (χ0v) is 11.0. The first-order chi connectivity index (χ1) is 8.49. The van der Waals surface area contributed by atoms with Gasteiger partial charge in [-0.05, 0) is 24.5 Å². The molecule has 1 unspecified atom stereocenters. The van der Waals surface area contributed by atoms with Crippen molar-refractivity contribution in [2.75, 3.05) is 0 Å². The van der Waals surface area contributed by atoms with Crippen LogP contribution in [-0.2, 0) is 18.3 Å². The zero-order valence-electron chi connectivity index (χ0n) is 11.0. The number of hydrogen-bond donors (Lipinski definition) is 1. The van der Waals surface area contributed by atoms with E-state index in [-0.39, 0.29) is 12.3 Å². The van der Waals surface area contributed by atoms with Gasteiger partial charge in [0.15, 0.2) is 0 Å². The molecule has 0 bridgehead atoms. The lowest BCUT2D eigenvalue weighted by atomic mass is 10.0. The fraction of sp³-hybridized carbons (Fsp3) is 0.429. The molecular formula is C14H18N2O2. The van der Waals surface area contributed by atoms with Gasteiger partial charge < -0.3 is 9.67 Å². The maximum absolute atomic E-state index is 10.7. The van der Waals surface area contributed by atoms with Crippen LogP contribution in [-0.4, -0.2) is 20.6 Å². The van der Waals surface area contributed by atoms with Crippen LogP contribution in [0.25, 0.3) is 11.0 Å². The second kappa shape index (κ2) is 4.80. The molecule has 0 saturated heterocycles. The molecule has 0 aliphatic heterocycles. The molecule has 4 nitrogen and oxygen atoms in total. The van der Waals surface area contributed by atoms with Gasteiger partial charge in [0, 0.05) is 19.9 Å². The van der Waals surface area contributed by atoms with Crippen molar-refractivity contribution in [1.82, 2.24) is 9.55 Å². The maximum Gasteiger partial charge on any atom is 0.303 e. The van der Waals surface area contributed by atoms with E-state index in [2.05, 4.69) is 22.5 Å². The van der Waals surface area contributed by atoms with Crippen molar-refractivity contribution in [2.24, 2.45) is 13.0 Å². The average Bonchev–Trinajstić information content (AvgIpc) is 2.56. The van der Waals surface area contributed by atoms with Crippen LogP contribution >= 0.6 is 0 Å². The highest BCUT2D eigenvalue weighted by atomic mass is 16.4. The number of benzene rings is 1. The minimum absolute atomic E-state index is 0.0957. The smallest absolute Gasteiger partial charge is 0.303 e. The normalized spacial score (nSPS) is 12.8. The molecule has 1 N–H and O–H groups in total. The third kappa shape index (κ3) is 2.37. The summed E-state index contributed by atoms with van der Waals surface area (Å²) in [6.45, 7) is 4.01. The van der Waals surface area contributed by atoms with Gasteiger partial charge in [-0.3, -0.25) is 4.79 Å². The number of aryl methyl sites for hydroxylation is 2. The molecule has 18 heavy (non-hydrogen) atoms. The molecule has 1 aromatic carbocycles. The van der Waals surface area contributed by atoms with E-state index in [9.17, 15) is 4.79 Å². The summed E-state index contributed by atoms with van der Waals surface area (Å²) in [6, 6.07) is 6.05. The van der Waals surface area contributed by atoms with Gasteiger partial charge in [0.05, 0.1) is 11.0 Å². The highest BCUT2D eigenvalue weighted by Gasteiger charge is 2.14. The monoisotopic (exact) mass is 246 g/mol. The van der Waals surface area contributed by atoms with Gasteiger partial charge >= 0.3 is 5.97 Å². The van der Waals surface area contributed by atoms with Crippen LogP contribution in [0.2, 0.25) is 0 Å². The summed E-state index contributed by atoms with van der Waals surface area (Å²) in [7, 11) is 1.99. The molecule has 0 spiro atoms. The first-order valence-electron chi connectivity index (χ1n) is 6.11. The molecule has 0 radical (unpaired) electrons. The van der Waals surface area contributed by atoms with Crippen LogP contribution in [0.5, 0.6) is 0 Å². The number of carbonyl (C=O) groups is 1. The quantitative estimate of drug-likeness (QED) is 0.902. The first-order valence-corrected chi connectivity index (χ1v) is 6.11. The SMILES string of the molecule is Cc1cccc2nc(CC(C)CC(=O)O)n(C)c12. The molecule has 0 fully saturated rings. The molecule has 0 amide bonds. The fourth-order valence-electron chi connectivity index (χ4n) is 2.38. The number of rotatable bonds is 4. The Hall–Kier alpha value is -1.84. The number of aliphatic carboxylic acids is 1. The molecule has 1 aromatic heterocycles. The number of aromatic nitrogens is 2. The lowest BCUT2D eigenvalue weighted by Gasteiger charge is -2.08. The van der Waals surface area contributed by atoms with Crippen LogP contribution in [0.4, 0.5) is 0 Å². The Morgan fingerprint density at radius 1 is 1.50 bits per heavy atom. The second-order valence-corrected chi connectivity index (χ2v) is 4.94. The summed E-state index contributed by atoms with van der Waals surface area (Å²) >= 11 is 0. The summed E-state index contributed by atoms with van der Waals surface area (Å²) < 4.78 is 2.07. The molecule has 0 aliphatic rings. The van der Waals surface area contributed by atoms with E-state index >= 15 is 0 Å². The van der Waals surface area contributed by atoms with Gasteiger partial charge in [-0.2, -0.15) is 0 Å². The van der Waals surface area contributed by atoms with Gasteiger partial charge in [-0.15, -0.1) is 0 Å². The number of para-hydroxylation sites is 1. The van der Waals surface area contributed by atoms with Crippen molar-refractivity contribution in [3.05, 3.63) is 29.6 Å². The molecule has 96 valence electrons. The van der Waals surface area contributed by atoms with Crippen LogP contribution < -0.4 is 0 Å². The summed E-state index contributed by atoms with van der Waals surface area (Å²) in [5.74, 6) is 0.295. The lowest BCUT2D eigenvalue weighted by Crippen LogP contribution is -2.10. The predicted molar refractivity (Wildman–Crippen MR) is 70.6 cm³/mol. The van der Waals surface area contributed by atoms with Crippen molar-refractivity contribution in [3.63, 3.8) is 0 Å². The van der Waals surface area contributed by atoms with Crippen molar-refractivity contribution in [3.8, 4) is 0 Å². The van der Waals surface area contributed by atoms with Crippen molar-refractivity contribution in [1.29, 1.82) is 0 Å². The van der Waals surface area contributed by atoms with E-state index in [1.165, 1.54) is 5.56 Å². The second-order valence-electron chi connectivity index (χ2n) is 4.94. The third-order valence-corrected chi connectivity index (χ3v) is 3.24. The highest BCUT2D eigenvalue weighted by molar-refractivity contribution is 5.79. The number of hydrogen-bond acceptors (Lipinski definition) is 2. The van der Waals surface area contributed by atoms with Crippen LogP contribution in [0.15, 0.2) is 18.2 Å². The van der Waals surface area contributed by atoms with Gasteiger partial charge in [-0.1, -0.05) is 19.1 Å². The van der Waals surface area contributed by atoms with Crippen LogP contribution in [0, 0.1) is 12.8 Å². The number of carboxylic acid groups (broad SMARTS) is 1. The molecule has 1 atom stereocenters. The Kier molecular flexibility index (Phi) is 3.36. The van der Waals surface area contributed by atoms with Crippen molar-refractivity contribution < 1.29 is 9.90 Å². The first kappa shape index (κ1) is 12.6. The summed E-state index contributed by atoms with van der Waals surface area (Å²) in [4.78, 5) is 15.3. The topological polar surface area (TPSA) is 55.1 Å². The Morgan fingerprint density at radius 2 is 2.22 bits per heavy atom. The Morgan fingerprint density at radius 3 is 2.83 bits per heavy atom. The van der Waals surface area contributed by atoms with Gasteiger partial charge in [0.2, 0.25) is 0 Å². The van der Waals surface area contributed by atoms with E-state index in [4.69, 9.17) is 5.11 Å². The third-order valence-electron chi connectivity index (χ3n) is 3.24. The average molecular weight is 246 g/mol. The number of fused-ring (bicyclic) bond motifs is 1. The summed E-state index contributed by atoms with van der Waals surface area (Å²) in [5.41, 5.74) is 3.31. The van der Waals surface area contributed by atoms with E-state index in [0.717, 1.165) is 16.9 Å². The fourth-order valence-corrected chi connectivity index (χ4v) is 2.38. The number of nitrogens with zero attached hydrogens (tertiary/aromatic N) is 2. The Bertz CT molecular complexity index is 587. The predicted octanol–water partition coefficient (Wildman–Crippen LogP) is 2.54. The lowest BCUT2D eigenvalue weighted by molar-refractivity contribution is -0.137. The van der Waals surface area contributed by atoms with Gasteiger partial charge in [0.1, 0.15) is 5.82 Å². The standard InChI is InChI=1S/C14H18N2O2/c1-9(8-13(17)18)7-12-15-11-6-4-5-10(2)14(11)16(12)3/h4-6,9H,7-8H2,1-3H3,(H,17,18). The van der Waals surface area contributed by atoms with E-state index in [1.54, 1.807) is 0 Å². The molecule has 0 aliphatic carbocycles.